The molecule has 0 bridgehead atoms. The van der Waals surface area contributed by atoms with E-state index < -0.39 is 0 Å². The minimum absolute atomic E-state index is 0.0511. The Balaban J connectivity index is 1.29. The number of rotatable bonds is 6. The molecule has 160 valence electrons. The van der Waals surface area contributed by atoms with Crippen LogP contribution in [0.2, 0.25) is 0 Å². The molecule has 8 heteroatoms. The Hall–Kier alpha value is -3.39. The number of aryl methyl sites for hydroxylation is 1. The molecule has 1 fully saturated rings. The normalized spacial score (nSPS) is 15.1. The van der Waals surface area contributed by atoms with Gasteiger partial charge in [0.25, 0.3) is 5.56 Å². The van der Waals surface area contributed by atoms with Crippen molar-refractivity contribution in [3.8, 4) is 5.75 Å². The Kier molecular flexibility index (Phi) is 5.30. The molecular weight excluding hydrogens is 392 g/mol. The number of hydrogen-bond acceptors (Lipinski definition) is 6. The Morgan fingerprint density at radius 2 is 1.87 bits per heavy atom. The van der Waals surface area contributed by atoms with Gasteiger partial charge in [0.2, 0.25) is 0 Å². The van der Waals surface area contributed by atoms with Crippen LogP contribution in [0.15, 0.2) is 59.9 Å². The maximum absolute atomic E-state index is 13.1. The lowest BCUT2D eigenvalue weighted by atomic mass is 10.2. The van der Waals surface area contributed by atoms with Crippen molar-refractivity contribution in [1.82, 2.24) is 23.8 Å². The Morgan fingerprint density at radius 1 is 1.00 bits per heavy atom. The summed E-state index contributed by atoms with van der Waals surface area (Å²) in [6.45, 7) is 5.51. The van der Waals surface area contributed by atoms with Crippen molar-refractivity contribution in [2.45, 2.75) is 13.0 Å². The lowest BCUT2D eigenvalue weighted by molar-refractivity contribution is 0.250. The molecule has 4 aromatic rings. The van der Waals surface area contributed by atoms with Crippen LogP contribution in [-0.4, -0.2) is 63.7 Å². The van der Waals surface area contributed by atoms with Gasteiger partial charge in [-0.25, -0.2) is 4.98 Å². The predicted molar refractivity (Wildman–Crippen MR) is 121 cm³/mol. The summed E-state index contributed by atoms with van der Waals surface area (Å²) in [6.07, 6.45) is 8.11. The third kappa shape index (κ3) is 3.74. The summed E-state index contributed by atoms with van der Waals surface area (Å²) in [6, 6.07) is 9.68. The number of anilines is 1. The molecule has 0 radical (unpaired) electrons. The predicted octanol–water partition coefficient (Wildman–Crippen LogP) is 2.27. The fraction of sp³-hybridized carbons (Fsp3) is 0.348. The molecule has 0 spiro atoms. The van der Waals surface area contributed by atoms with Crippen LogP contribution in [0.1, 0.15) is 6.42 Å². The van der Waals surface area contributed by atoms with E-state index in [2.05, 4.69) is 19.8 Å². The molecule has 1 saturated heterocycles. The molecule has 0 amide bonds. The third-order valence-corrected chi connectivity index (χ3v) is 6.05. The van der Waals surface area contributed by atoms with Gasteiger partial charge < -0.3 is 18.6 Å². The molecule has 4 heterocycles. The number of aromatic nitrogens is 4. The smallest absolute Gasteiger partial charge is 0.275 e. The first-order valence-electron chi connectivity index (χ1n) is 10.7. The highest BCUT2D eigenvalue weighted by Gasteiger charge is 2.18. The summed E-state index contributed by atoms with van der Waals surface area (Å²) >= 11 is 0. The average molecular weight is 419 g/mol. The first kappa shape index (κ1) is 19.6. The number of methoxy groups -OCH3 is 1. The number of nitrogens with zero attached hydrogens (tertiary/aromatic N) is 6. The minimum Gasteiger partial charge on any atom is -0.497 e. The zero-order valence-corrected chi connectivity index (χ0v) is 17.6. The van der Waals surface area contributed by atoms with Gasteiger partial charge in [0.05, 0.1) is 24.3 Å². The van der Waals surface area contributed by atoms with Gasteiger partial charge in [-0.3, -0.25) is 14.7 Å². The second kappa shape index (κ2) is 8.39. The maximum atomic E-state index is 13.1. The molecule has 1 aliphatic rings. The number of piperazine rings is 1. The summed E-state index contributed by atoms with van der Waals surface area (Å²) in [4.78, 5) is 26.4. The van der Waals surface area contributed by atoms with Crippen molar-refractivity contribution in [2.75, 3.05) is 44.7 Å². The molecule has 0 unspecified atom stereocenters. The van der Waals surface area contributed by atoms with Crippen LogP contribution in [-0.2, 0) is 6.54 Å². The Labute approximate surface area is 180 Å². The SMILES string of the molecule is COc1ccc2c(c1)n1cccc1c(=O)n2CCCN1CCN(c2cnccn2)CC1. The number of ether oxygens (including phenoxy) is 1. The fourth-order valence-corrected chi connectivity index (χ4v) is 4.39. The van der Waals surface area contributed by atoms with Crippen LogP contribution in [0.5, 0.6) is 5.75 Å². The van der Waals surface area contributed by atoms with Crippen LogP contribution >= 0.6 is 0 Å². The van der Waals surface area contributed by atoms with Crippen LogP contribution in [0.25, 0.3) is 16.6 Å². The highest BCUT2D eigenvalue weighted by molar-refractivity contribution is 5.80. The average Bonchev–Trinajstić information content (AvgIpc) is 3.32. The molecule has 31 heavy (non-hydrogen) atoms. The van der Waals surface area contributed by atoms with Crippen LogP contribution in [0, 0.1) is 0 Å². The van der Waals surface area contributed by atoms with E-state index in [4.69, 9.17) is 4.74 Å². The van der Waals surface area contributed by atoms with E-state index in [1.807, 2.05) is 51.7 Å². The monoisotopic (exact) mass is 418 g/mol. The topological polar surface area (TPSA) is 67.9 Å². The van der Waals surface area contributed by atoms with Gasteiger partial charge in [-0.15, -0.1) is 0 Å². The van der Waals surface area contributed by atoms with E-state index in [9.17, 15) is 4.79 Å². The molecule has 3 aromatic heterocycles. The van der Waals surface area contributed by atoms with Gasteiger partial charge in [-0.2, -0.15) is 0 Å². The van der Waals surface area contributed by atoms with Gasteiger partial charge in [0, 0.05) is 57.4 Å². The zero-order chi connectivity index (χ0) is 21.2. The van der Waals surface area contributed by atoms with Crippen molar-refractivity contribution in [2.24, 2.45) is 0 Å². The largest absolute Gasteiger partial charge is 0.497 e. The van der Waals surface area contributed by atoms with Gasteiger partial charge in [0.15, 0.2) is 0 Å². The van der Waals surface area contributed by atoms with Gasteiger partial charge >= 0.3 is 0 Å². The standard InChI is InChI=1S/C23H26N6O2/c1-31-18-5-6-19-21(16-18)28-10-2-4-20(28)23(30)29(19)11-3-9-26-12-14-27(15-13-26)22-17-24-7-8-25-22/h2,4-8,10,16-17H,3,9,11-15H2,1H3. The van der Waals surface area contributed by atoms with Gasteiger partial charge in [0.1, 0.15) is 17.1 Å². The summed E-state index contributed by atoms with van der Waals surface area (Å²) in [5.41, 5.74) is 2.66. The first-order valence-corrected chi connectivity index (χ1v) is 10.7. The molecule has 0 atom stereocenters. The van der Waals surface area contributed by atoms with Crippen LogP contribution in [0.4, 0.5) is 5.82 Å². The van der Waals surface area contributed by atoms with E-state index >= 15 is 0 Å². The molecule has 5 rings (SSSR count). The van der Waals surface area contributed by atoms with Crippen molar-refractivity contribution in [1.29, 1.82) is 0 Å². The summed E-state index contributed by atoms with van der Waals surface area (Å²) in [5, 5.41) is 0. The number of benzene rings is 1. The number of hydrogen-bond donors (Lipinski definition) is 0. The van der Waals surface area contributed by atoms with Gasteiger partial charge in [-0.05, 0) is 37.2 Å². The minimum atomic E-state index is 0.0511. The molecule has 0 N–H and O–H groups in total. The first-order chi connectivity index (χ1) is 15.2. The third-order valence-electron chi connectivity index (χ3n) is 6.05. The summed E-state index contributed by atoms with van der Waals surface area (Å²) in [7, 11) is 1.66. The molecule has 0 saturated carbocycles. The Bertz CT molecular complexity index is 1240. The van der Waals surface area contributed by atoms with Crippen molar-refractivity contribution >= 4 is 22.4 Å². The molecule has 1 aliphatic heterocycles. The molecule has 8 nitrogen and oxygen atoms in total. The van der Waals surface area contributed by atoms with E-state index in [1.54, 1.807) is 19.5 Å². The zero-order valence-electron chi connectivity index (χ0n) is 17.6. The van der Waals surface area contributed by atoms with E-state index in [-0.39, 0.29) is 5.56 Å². The second-order valence-electron chi connectivity index (χ2n) is 7.82. The van der Waals surface area contributed by atoms with E-state index in [0.717, 1.165) is 61.7 Å². The lowest BCUT2D eigenvalue weighted by Gasteiger charge is -2.35. The van der Waals surface area contributed by atoms with E-state index in [0.29, 0.717) is 12.1 Å². The van der Waals surface area contributed by atoms with Crippen molar-refractivity contribution in [3.63, 3.8) is 0 Å². The lowest BCUT2D eigenvalue weighted by Crippen LogP contribution is -2.47. The second-order valence-corrected chi connectivity index (χ2v) is 7.82. The molecule has 0 aliphatic carbocycles. The van der Waals surface area contributed by atoms with Crippen LogP contribution < -0.4 is 15.2 Å². The maximum Gasteiger partial charge on any atom is 0.275 e. The van der Waals surface area contributed by atoms with Crippen LogP contribution in [0.3, 0.4) is 0 Å². The van der Waals surface area contributed by atoms with Crippen molar-refractivity contribution in [3.05, 3.63) is 65.5 Å². The summed E-state index contributed by atoms with van der Waals surface area (Å²) < 4.78 is 9.25. The highest BCUT2D eigenvalue weighted by Crippen LogP contribution is 2.21. The Morgan fingerprint density at radius 3 is 2.65 bits per heavy atom. The quantitative estimate of drug-likeness (QED) is 0.479. The summed E-state index contributed by atoms with van der Waals surface area (Å²) in [5.74, 6) is 1.73. The van der Waals surface area contributed by atoms with Gasteiger partial charge in [-0.1, -0.05) is 0 Å². The van der Waals surface area contributed by atoms with Crippen molar-refractivity contribution < 1.29 is 4.74 Å². The molecular formula is C23H26N6O2. The highest BCUT2D eigenvalue weighted by atomic mass is 16.5. The van der Waals surface area contributed by atoms with E-state index in [1.165, 1.54) is 0 Å². The number of fused-ring (bicyclic) bond motifs is 3. The molecule has 1 aromatic carbocycles. The fourth-order valence-electron chi connectivity index (χ4n) is 4.39.